The smallest absolute Gasteiger partial charge is 0.0482 e. The molecule has 2 nitrogen and oxygen atoms in total. The summed E-state index contributed by atoms with van der Waals surface area (Å²) in [6, 6.07) is 6.56. The lowest BCUT2D eigenvalue weighted by atomic mass is 10.1. The van der Waals surface area contributed by atoms with Gasteiger partial charge in [0.05, 0.1) is 0 Å². The molecule has 0 aliphatic carbocycles. The Morgan fingerprint density at radius 3 is 3.15 bits per heavy atom. The van der Waals surface area contributed by atoms with Crippen LogP contribution in [0.5, 0.6) is 0 Å². The van der Waals surface area contributed by atoms with Gasteiger partial charge in [0.2, 0.25) is 0 Å². The summed E-state index contributed by atoms with van der Waals surface area (Å²) in [6.07, 6.45) is 0. The van der Waals surface area contributed by atoms with Crippen molar-refractivity contribution in [3.8, 4) is 0 Å². The van der Waals surface area contributed by atoms with Crippen LogP contribution in [0.2, 0.25) is 0 Å². The lowest BCUT2D eigenvalue weighted by Gasteiger charge is -2.19. The zero-order valence-electron chi connectivity index (χ0n) is 7.71. The van der Waals surface area contributed by atoms with Gasteiger partial charge >= 0.3 is 0 Å². The monoisotopic (exact) mass is 194 g/mol. The molecule has 1 aliphatic rings. The summed E-state index contributed by atoms with van der Waals surface area (Å²) in [4.78, 5) is 1.34. The summed E-state index contributed by atoms with van der Waals surface area (Å²) in [6.45, 7) is 3.07. The van der Waals surface area contributed by atoms with Gasteiger partial charge in [-0.25, -0.2) is 0 Å². The average molecular weight is 194 g/mol. The highest BCUT2D eigenvalue weighted by molar-refractivity contribution is 7.99. The molecule has 0 saturated heterocycles. The first-order valence-corrected chi connectivity index (χ1v) is 5.52. The first kappa shape index (κ1) is 8.91. The van der Waals surface area contributed by atoms with Crippen molar-refractivity contribution in [3.63, 3.8) is 0 Å². The Bertz CT molecular complexity index is 310. The maximum absolute atomic E-state index is 5.81. The van der Waals surface area contributed by atoms with E-state index in [1.165, 1.54) is 16.1 Å². The fraction of sp³-hybridized carbons (Fsp3) is 0.400. The highest BCUT2D eigenvalue weighted by Crippen LogP contribution is 2.32. The van der Waals surface area contributed by atoms with E-state index in [2.05, 4.69) is 23.5 Å². The lowest BCUT2D eigenvalue weighted by molar-refractivity contribution is 0.816. The van der Waals surface area contributed by atoms with Crippen LogP contribution in [-0.2, 0) is 0 Å². The topological polar surface area (TPSA) is 38.0 Å². The minimum atomic E-state index is 0.124. The Morgan fingerprint density at radius 2 is 2.38 bits per heavy atom. The van der Waals surface area contributed by atoms with E-state index in [1.54, 1.807) is 0 Å². The van der Waals surface area contributed by atoms with Crippen LogP contribution in [0.3, 0.4) is 0 Å². The van der Waals surface area contributed by atoms with Crippen molar-refractivity contribution in [1.29, 1.82) is 0 Å². The van der Waals surface area contributed by atoms with E-state index in [0.29, 0.717) is 0 Å². The zero-order valence-corrected chi connectivity index (χ0v) is 8.53. The van der Waals surface area contributed by atoms with E-state index in [1.807, 2.05) is 18.7 Å². The quantitative estimate of drug-likeness (QED) is 0.720. The highest BCUT2D eigenvalue weighted by Gasteiger charge is 2.10. The number of hydrogen-bond acceptors (Lipinski definition) is 3. The number of hydrogen-bond donors (Lipinski definition) is 2. The predicted octanol–water partition coefficient (Wildman–Crippen LogP) is 2.22. The van der Waals surface area contributed by atoms with Crippen molar-refractivity contribution in [1.82, 2.24) is 0 Å². The number of nitrogens with one attached hydrogen (secondary N) is 1. The van der Waals surface area contributed by atoms with E-state index in [0.717, 1.165) is 12.3 Å². The molecular weight excluding hydrogens is 180 g/mol. The summed E-state index contributed by atoms with van der Waals surface area (Å²) >= 11 is 1.91. The van der Waals surface area contributed by atoms with Gasteiger partial charge < -0.3 is 11.1 Å². The largest absolute Gasteiger partial charge is 0.383 e. The molecule has 1 heterocycles. The molecule has 13 heavy (non-hydrogen) atoms. The van der Waals surface area contributed by atoms with Gasteiger partial charge in [-0.3, -0.25) is 0 Å². The maximum Gasteiger partial charge on any atom is 0.0482 e. The first-order chi connectivity index (χ1) is 6.27. The minimum absolute atomic E-state index is 0.124. The molecule has 1 aromatic carbocycles. The Kier molecular flexibility index (Phi) is 2.47. The molecule has 1 atom stereocenters. The van der Waals surface area contributed by atoms with Crippen molar-refractivity contribution in [2.45, 2.75) is 17.9 Å². The van der Waals surface area contributed by atoms with Crippen molar-refractivity contribution in [3.05, 3.63) is 23.8 Å². The van der Waals surface area contributed by atoms with Gasteiger partial charge in [-0.05, 0) is 24.6 Å². The van der Waals surface area contributed by atoms with E-state index in [4.69, 9.17) is 5.73 Å². The summed E-state index contributed by atoms with van der Waals surface area (Å²) in [7, 11) is 0. The molecule has 1 unspecified atom stereocenters. The third-order valence-corrected chi connectivity index (χ3v) is 3.28. The van der Waals surface area contributed by atoms with Crippen LogP contribution in [0, 0.1) is 0 Å². The maximum atomic E-state index is 5.81. The van der Waals surface area contributed by atoms with E-state index >= 15 is 0 Å². The normalized spacial score (nSPS) is 17.4. The molecule has 0 aromatic heterocycles. The SMILES string of the molecule is CC(N)c1ccc2c(c1)NCCS2. The predicted molar refractivity (Wildman–Crippen MR) is 58.3 cm³/mol. The molecule has 2 rings (SSSR count). The van der Waals surface area contributed by atoms with Gasteiger partial charge in [0.15, 0.2) is 0 Å². The van der Waals surface area contributed by atoms with Gasteiger partial charge in [0.1, 0.15) is 0 Å². The van der Waals surface area contributed by atoms with Crippen LogP contribution in [-0.4, -0.2) is 12.3 Å². The summed E-state index contributed by atoms with van der Waals surface area (Å²) < 4.78 is 0. The Morgan fingerprint density at radius 1 is 1.54 bits per heavy atom. The Hall–Kier alpha value is -0.670. The molecule has 0 bridgehead atoms. The van der Waals surface area contributed by atoms with E-state index in [-0.39, 0.29) is 6.04 Å². The van der Waals surface area contributed by atoms with Gasteiger partial charge in [-0.15, -0.1) is 11.8 Å². The van der Waals surface area contributed by atoms with Crippen molar-refractivity contribution < 1.29 is 0 Å². The first-order valence-electron chi connectivity index (χ1n) is 4.53. The second kappa shape index (κ2) is 3.60. The van der Waals surface area contributed by atoms with Crippen molar-refractivity contribution >= 4 is 17.4 Å². The molecule has 0 saturated carbocycles. The number of benzene rings is 1. The number of rotatable bonds is 1. The fourth-order valence-corrected chi connectivity index (χ4v) is 2.32. The van der Waals surface area contributed by atoms with Crippen LogP contribution in [0.1, 0.15) is 18.5 Å². The molecule has 3 N–H and O–H groups in total. The average Bonchev–Trinajstić information content (AvgIpc) is 2.17. The van der Waals surface area contributed by atoms with Crippen LogP contribution in [0.4, 0.5) is 5.69 Å². The Balaban J connectivity index is 2.35. The van der Waals surface area contributed by atoms with Gasteiger partial charge in [-0.2, -0.15) is 0 Å². The van der Waals surface area contributed by atoms with Crippen LogP contribution >= 0.6 is 11.8 Å². The number of nitrogens with two attached hydrogens (primary N) is 1. The van der Waals surface area contributed by atoms with Gasteiger partial charge in [0.25, 0.3) is 0 Å². The number of anilines is 1. The summed E-state index contributed by atoms with van der Waals surface area (Å²) in [5.74, 6) is 1.16. The third kappa shape index (κ3) is 1.81. The molecule has 70 valence electrons. The Labute approximate surface area is 82.9 Å². The van der Waals surface area contributed by atoms with E-state index in [9.17, 15) is 0 Å². The molecule has 0 fully saturated rings. The van der Waals surface area contributed by atoms with Crippen LogP contribution < -0.4 is 11.1 Å². The standard InChI is InChI=1S/C10H14N2S/c1-7(11)8-2-3-10-9(6-8)12-4-5-13-10/h2-3,6-7,12H,4-5,11H2,1H3. The summed E-state index contributed by atoms with van der Waals surface area (Å²) in [5, 5.41) is 3.38. The molecular formula is C10H14N2S. The molecule has 0 amide bonds. The van der Waals surface area contributed by atoms with Gasteiger partial charge in [-0.1, -0.05) is 6.07 Å². The molecule has 0 radical (unpaired) electrons. The minimum Gasteiger partial charge on any atom is -0.383 e. The molecule has 0 spiro atoms. The second-order valence-electron chi connectivity index (χ2n) is 3.32. The number of fused-ring (bicyclic) bond motifs is 1. The second-order valence-corrected chi connectivity index (χ2v) is 4.46. The third-order valence-electron chi connectivity index (χ3n) is 2.20. The molecule has 1 aliphatic heterocycles. The summed E-state index contributed by atoms with van der Waals surface area (Å²) in [5.41, 5.74) is 8.26. The fourth-order valence-electron chi connectivity index (χ4n) is 1.44. The number of thioether (sulfide) groups is 1. The molecule has 3 heteroatoms. The molecule has 1 aromatic rings. The lowest BCUT2D eigenvalue weighted by Crippen LogP contribution is -2.12. The van der Waals surface area contributed by atoms with Gasteiger partial charge in [0, 0.05) is 28.9 Å². The van der Waals surface area contributed by atoms with Crippen molar-refractivity contribution in [2.75, 3.05) is 17.6 Å². The zero-order chi connectivity index (χ0) is 9.26. The van der Waals surface area contributed by atoms with E-state index < -0.39 is 0 Å². The van der Waals surface area contributed by atoms with Crippen LogP contribution in [0.25, 0.3) is 0 Å². The highest BCUT2D eigenvalue weighted by atomic mass is 32.2. The van der Waals surface area contributed by atoms with Crippen LogP contribution in [0.15, 0.2) is 23.1 Å². The van der Waals surface area contributed by atoms with Crippen molar-refractivity contribution in [2.24, 2.45) is 5.73 Å².